The summed E-state index contributed by atoms with van der Waals surface area (Å²) >= 11 is 0. The predicted octanol–water partition coefficient (Wildman–Crippen LogP) is 1.51. The van der Waals surface area contributed by atoms with Crippen molar-refractivity contribution in [3.05, 3.63) is 0 Å². The zero-order valence-electron chi connectivity index (χ0n) is 10.1. The molecule has 3 heteroatoms. The smallest absolute Gasteiger partial charge is 0.0731 e. The molecule has 2 N–H and O–H groups in total. The molecule has 4 atom stereocenters. The fourth-order valence-electron chi connectivity index (χ4n) is 3.87. The summed E-state index contributed by atoms with van der Waals surface area (Å²) < 4.78 is 5.93. The monoisotopic (exact) mass is 224 g/mol. The van der Waals surface area contributed by atoms with E-state index in [4.69, 9.17) is 10.5 Å². The predicted molar refractivity (Wildman–Crippen MR) is 64.3 cm³/mol. The molecule has 1 saturated heterocycles. The maximum Gasteiger partial charge on any atom is 0.0731 e. The lowest BCUT2D eigenvalue weighted by Gasteiger charge is -2.46. The van der Waals surface area contributed by atoms with Crippen LogP contribution < -0.4 is 5.73 Å². The van der Waals surface area contributed by atoms with Crippen LogP contribution in [0, 0.1) is 0 Å². The van der Waals surface area contributed by atoms with Gasteiger partial charge < -0.3 is 10.5 Å². The van der Waals surface area contributed by atoms with Crippen LogP contribution in [0.2, 0.25) is 0 Å². The first-order valence-corrected chi connectivity index (χ1v) is 6.97. The molecule has 0 bridgehead atoms. The quantitative estimate of drug-likeness (QED) is 0.734. The Balaban J connectivity index is 1.68. The Labute approximate surface area is 98.3 Å². The Morgan fingerprint density at radius 3 is 2.75 bits per heavy atom. The number of nitrogens with zero attached hydrogens (tertiary/aromatic N) is 1. The summed E-state index contributed by atoms with van der Waals surface area (Å²) in [5.41, 5.74) is 6.04. The van der Waals surface area contributed by atoms with Gasteiger partial charge in [-0.3, -0.25) is 4.90 Å². The zero-order chi connectivity index (χ0) is 11.0. The van der Waals surface area contributed by atoms with Crippen LogP contribution in [0.5, 0.6) is 0 Å². The van der Waals surface area contributed by atoms with Gasteiger partial charge in [0.1, 0.15) is 0 Å². The van der Waals surface area contributed by atoms with Crippen LogP contribution >= 0.6 is 0 Å². The SMILES string of the molecule is NC1CCC(N2CCOC3CCCCC32)C1. The van der Waals surface area contributed by atoms with Gasteiger partial charge in [0.2, 0.25) is 0 Å². The molecule has 3 fully saturated rings. The minimum atomic E-state index is 0.454. The van der Waals surface area contributed by atoms with E-state index in [0.717, 1.165) is 19.2 Å². The third-order valence-electron chi connectivity index (χ3n) is 4.69. The van der Waals surface area contributed by atoms with Crippen molar-refractivity contribution < 1.29 is 4.74 Å². The molecule has 3 aliphatic rings. The summed E-state index contributed by atoms with van der Waals surface area (Å²) in [5.74, 6) is 0. The van der Waals surface area contributed by atoms with Crippen LogP contribution in [0.1, 0.15) is 44.9 Å². The summed E-state index contributed by atoms with van der Waals surface area (Å²) in [7, 11) is 0. The lowest BCUT2D eigenvalue weighted by molar-refractivity contribution is -0.102. The van der Waals surface area contributed by atoms with Crippen LogP contribution in [0.15, 0.2) is 0 Å². The molecule has 0 radical (unpaired) electrons. The summed E-state index contributed by atoms with van der Waals surface area (Å²) in [4.78, 5) is 2.74. The second kappa shape index (κ2) is 4.63. The van der Waals surface area contributed by atoms with Crippen molar-refractivity contribution in [2.45, 2.75) is 69.2 Å². The van der Waals surface area contributed by atoms with Crippen molar-refractivity contribution >= 4 is 0 Å². The highest BCUT2D eigenvalue weighted by Gasteiger charge is 2.39. The zero-order valence-corrected chi connectivity index (χ0v) is 10.1. The van der Waals surface area contributed by atoms with Crippen LogP contribution in [0.4, 0.5) is 0 Å². The minimum absolute atomic E-state index is 0.454. The molecule has 0 aromatic heterocycles. The Kier molecular flexibility index (Phi) is 3.18. The van der Waals surface area contributed by atoms with E-state index in [1.165, 1.54) is 44.9 Å². The van der Waals surface area contributed by atoms with Crippen LogP contribution in [-0.2, 0) is 4.74 Å². The largest absolute Gasteiger partial charge is 0.375 e. The molecule has 0 amide bonds. The van der Waals surface area contributed by atoms with Gasteiger partial charge in [-0.1, -0.05) is 12.8 Å². The number of nitrogens with two attached hydrogens (primary N) is 1. The van der Waals surface area contributed by atoms with Gasteiger partial charge in [0.15, 0.2) is 0 Å². The molecule has 92 valence electrons. The van der Waals surface area contributed by atoms with E-state index >= 15 is 0 Å². The van der Waals surface area contributed by atoms with Crippen molar-refractivity contribution in [3.8, 4) is 0 Å². The van der Waals surface area contributed by atoms with Gasteiger partial charge >= 0.3 is 0 Å². The lowest BCUT2D eigenvalue weighted by atomic mass is 9.89. The number of hydrogen-bond acceptors (Lipinski definition) is 3. The number of hydrogen-bond donors (Lipinski definition) is 1. The average molecular weight is 224 g/mol. The first-order chi connectivity index (χ1) is 7.84. The van der Waals surface area contributed by atoms with E-state index in [1.54, 1.807) is 0 Å². The van der Waals surface area contributed by atoms with Gasteiger partial charge in [-0.15, -0.1) is 0 Å². The standard InChI is InChI=1S/C13H24N2O/c14-10-5-6-11(9-10)15-7-8-16-13-4-2-1-3-12(13)15/h10-13H,1-9,14H2. The lowest BCUT2D eigenvalue weighted by Crippen LogP contribution is -2.55. The molecule has 3 rings (SSSR count). The number of fused-ring (bicyclic) bond motifs is 1. The molecule has 2 aliphatic carbocycles. The second-order valence-corrected chi connectivity index (χ2v) is 5.73. The summed E-state index contributed by atoms with van der Waals surface area (Å²) in [5, 5.41) is 0. The molecule has 4 unspecified atom stereocenters. The fraction of sp³-hybridized carbons (Fsp3) is 1.00. The summed E-state index contributed by atoms with van der Waals surface area (Å²) in [6.45, 7) is 2.07. The van der Waals surface area contributed by atoms with Gasteiger partial charge in [-0.2, -0.15) is 0 Å². The van der Waals surface area contributed by atoms with Crippen LogP contribution in [0.25, 0.3) is 0 Å². The molecule has 0 aromatic rings. The van der Waals surface area contributed by atoms with Crippen molar-refractivity contribution in [2.24, 2.45) is 5.73 Å². The highest BCUT2D eigenvalue weighted by Crippen LogP contribution is 2.33. The molecule has 0 spiro atoms. The Morgan fingerprint density at radius 2 is 1.94 bits per heavy atom. The highest BCUT2D eigenvalue weighted by molar-refractivity contribution is 4.94. The van der Waals surface area contributed by atoms with E-state index in [2.05, 4.69) is 4.90 Å². The van der Waals surface area contributed by atoms with E-state index < -0.39 is 0 Å². The maximum absolute atomic E-state index is 6.04. The molecular weight excluding hydrogens is 200 g/mol. The van der Waals surface area contributed by atoms with Gasteiger partial charge in [0.05, 0.1) is 12.7 Å². The van der Waals surface area contributed by atoms with Gasteiger partial charge in [-0.25, -0.2) is 0 Å². The van der Waals surface area contributed by atoms with Crippen molar-refractivity contribution in [1.29, 1.82) is 0 Å². The van der Waals surface area contributed by atoms with E-state index in [9.17, 15) is 0 Å². The van der Waals surface area contributed by atoms with E-state index in [0.29, 0.717) is 18.2 Å². The first kappa shape index (κ1) is 11.0. The summed E-state index contributed by atoms with van der Waals surface area (Å²) in [6, 6.07) is 1.91. The molecule has 2 saturated carbocycles. The molecule has 1 aliphatic heterocycles. The van der Waals surface area contributed by atoms with Gasteiger partial charge in [0.25, 0.3) is 0 Å². The van der Waals surface area contributed by atoms with Gasteiger partial charge in [0, 0.05) is 24.7 Å². The van der Waals surface area contributed by atoms with Crippen molar-refractivity contribution in [3.63, 3.8) is 0 Å². The first-order valence-electron chi connectivity index (χ1n) is 6.97. The fourth-order valence-corrected chi connectivity index (χ4v) is 3.87. The second-order valence-electron chi connectivity index (χ2n) is 5.73. The number of ether oxygens (including phenoxy) is 1. The highest BCUT2D eigenvalue weighted by atomic mass is 16.5. The Bertz CT molecular complexity index is 244. The molecule has 0 aromatic carbocycles. The third-order valence-corrected chi connectivity index (χ3v) is 4.69. The normalized spacial score (nSPS) is 45.6. The Morgan fingerprint density at radius 1 is 1.06 bits per heavy atom. The average Bonchev–Trinajstić information content (AvgIpc) is 2.75. The Hall–Kier alpha value is -0.120. The molecule has 3 nitrogen and oxygen atoms in total. The summed E-state index contributed by atoms with van der Waals surface area (Å²) in [6.07, 6.45) is 9.64. The van der Waals surface area contributed by atoms with Crippen molar-refractivity contribution in [1.82, 2.24) is 4.90 Å². The number of rotatable bonds is 1. The number of morpholine rings is 1. The van der Waals surface area contributed by atoms with Gasteiger partial charge in [-0.05, 0) is 32.1 Å². The topological polar surface area (TPSA) is 38.5 Å². The molecular formula is C13H24N2O. The molecule has 16 heavy (non-hydrogen) atoms. The molecule has 1 heterocycles. The maximum atomic E-state index is 6.04. The minimum Gasteiger partial charge on any atom is -0.375 e. The van der Waals surface area contributed by atoms with Crippen molar-refractivity contribution in [2.75, 3.05) is 13.2 Å². The van der Waals surface area contributed by atoms with Crippen LogP contribution in [0.3, 0.4) is 0 Å². The third kappa shape index (κ3) is 2.01. The van der Waals surface area contributed by atoms with E-state index in [-0.39, 0.29) is 0 Å². The van der Waals surface area contributed by atoms with E-state index in [1.807, 2.05) is 0 Å². The van der Waals surface area contributed by atoms with Crippen LogP contribution in [-0.4, -0.2) is 42.3 Å².